The Morgan fingerprint density at radius 2 is 2.15 bits per heavy atom. The van der Waals surface area contributed by atoms with E-state index in [0.717, 1.165) is 11.4 Å². The first-order valence-electron chi connectivity index (χ1n) is 5.97. The Morgan fingerprint density at radius 3 is 2.75 bits per heavy atom. The standard InChI is InChI=1S/C14H15N3O3/c1-9-12(13(18)19)8-15-14(16-9)17(2)10-5-4-6-11(7-10)20-3/h4-8H,1-3H3,(H,18,19). The van der Waals surface area contributed by atoms with Crippen LogP contribution in [0.1, 0.15) is 16.1 Å². The molecule has 0 aliphatic heterocycles. The number of carboxylic acids is 1. The van der Waals surface area contributed by atoms with Crippen LogP contribution in [0.3, 0.4) is 0 Å². The fourth-order valence-electron chi connectivity index (χ4n) is 1.76. The van der Waals surface area contributed by atoms with Gasteiger partial charge < -0.3 is 14.7 Å². The summed E-state index contributed by atoms with van der Waals surface area (Å²) in [6.45, 7) is 1.65. The van der Waals surface area contributed by atoms with Crippen molar-refractivity contribution in [2.75, 3.05) is 19.1 Å². The first-order chi connectivity index (χ1) is 9.52. The van der Waals surface area contributed by atoms with Crippen LogP contribution >= 0.6 is 0 Å². The molecule has 0 bridgehead atoms. The average Bonchev–Trinajstić information content (AvgIpc) is 2.46. The molecule has 0 aliphatic carbocycles. The quantitative estimate of drug-likeness (QED) is 0.920. The molecule has 0 saturated heterocycles. The highest BCUT2D eigenvalue weighted by Crippen LogP contribution is 2.24. The Hall–Kier alpha value is -2.63. The van der Waals surface area contributed by atoms with Gasteiger partial charge in [0, 0.05) is 25.0 Å². The summed E-state index contributed by atoms with van der Waals surface area (Å²) < 4.78 is 5.17. The molecule has 0 unspecified atom stereocenters. The molecule has 2 aromatic rings. The van der Waals surface area contributed by atoms with E-state index in [-0.39, 0.29) is 5.56 Å². The zero-order valence-corrected chi connectivity index (χ0v) is 11.5. The van der Waals surface area contributed by atoms with Crippen LogP contribution in [0.4, 0.5) is 11.6 Å². The lowest BCUT2D eigenvalue weighted by atomic mass is 10.2. The number of aryl methyl sites for hydroxylation is 1. The summed E-state index contributed by atoms with van der Waals surface area (Å²) in [5.74, 6) is 0.132. The Labute approximate surface area is 116 Å². The van der Waals surface area contributed by atoms with Crippen molar-refractivity contribution in [2.45, 2.75) is 6.92 Å². The second kappa shape index (κ2) is 5.56. The number of methoxy groups -OCH3 is 1. The maximum absolute atomic E-state index is 10.9. The molecular formula is C14H15N3O3. The minimum Gasteiger partial charge on any atom is -0.497 e. The molecule has 1 N–H and O–H groups in total. The second-order valence-electron chi connectivity index (χ2n) is 4.23. The van der Waals surface area contributed by atoms with Crippen LogP contribution in [0.15, 0.2) is 30.5 Å². The van der Waals surface area contributed by atoms with Crippen LogP contribution < -0.4 is 9.64 Å². The van der Waals surface area contributed by atoms with Gasteiger partial charge in [-0.3, -0.25) is 0 Å². The second-order valence-corrected chi connectivity index (χ2v) is 4.23. The molecule has 1 aromatic carbocycles. The predicted molar refractivity (Wildman–Crippen MR) is 74.8 cm³/mol. The van der Waals surface area contributed by atoms with Crippen molar-refractivity contribution in [1.29, 1.82) is 0 Å². The lowest BCUT2D eigenvalue weighted by Crippen LogP contribution is -2.15. The van der Waals surface area contributed by atoms with Gasteiger partial charge in [-0.15, -0.1) is 0 Å². The van der Waals surface area contributed by atoms with E-state index < -0.39 is 5.97 Å². The largest absolute Gasteiger partial charge is 0.497 e. The summed E-state index contributed by atoms with van der Waals surface area (Å²) in [6.07, 6.45) is 1.32. The fourth-order valence-corrected chi connectivity index (χ4v) is 1.76. The molecule has 0 atom stereocenters. The summed E-state index contributed by atoms with van der Waals surface area (Å²) in [6, 6.07) is 7.45. The van der Waals surface area contributed by atoms with Gasteiger partial charge in [-0.2, -0.15) is 0 Å². The van der Waals surface area contributed by atoms with E-state index >= 15 is 0 Å². The van der Waals surface area contributed by atoms with Gasteiger partial charge in [0.15, 0.2) is 0 Å². The number of rotatable bonds is 4. The third-order valence-electron chi connectivity index (χ3n) is 2.94. The minimum absolute atomic E-state index is 0.104. The van der Waals surface area contributed by atoms with E-state index in [1.54, 1.807) is 18.9 Å². The topological polar surface area (TPSA) is 75.5 Å². The number of aromatic carboxylic acids is 1. The van der Waals surface area contributed by atoms with Crippen LogP contribution in [-0.2, 0) is 0 Å². The molecule has 0 fully saturated rings. The SMILES string of the molecule is COc1cccc(N(C)c2ncc(C(=O)O)c(C)n2)c1. The number of carbonyl (C=O) groups is 1. The molecular weight excluding hydrogens is 258 g/mol. The maximum Gasteiger partial charge on any atom is 0.339 e. The van der Waals surface area contributed by atoms with Crippen LogP contribution in [-0.4, -0.2) is 35.2 Å². The van der Waals surface area contributed by atoms with Gasteiger partial charge in [0.1, 0.15) is 5.75 Å². The third-order valence-corrected chi connectivity index (χ3v) is 2.94. The Morgan fingerprint density at radius 1 is 1.40 bits per heavy atom. The zero-order valence-electron chi connectivity index (χ0n) is 11.5. The number of nitrogens with zero attached hydrogens (tertiary/aromatic N) is 3. The molecule has 1 heterocycles. The van der Waals surface area contributed by atoms with Gasteiger partial charge in [0.05, 0.1) is 18.4 Å². The minimum atomic E-state index is -1.03. The van der Waals surface area contributed by atoms with Gasteiger partial charge in [-0.1, -0.05) is 6.07 Å². The van der Waals surface area contributed by atoms with Gasteiger partial charge in [0.2, 0.25) is 5.95 Å². The molecule has 6 heteroatoms. The van der Waals surface area contributed by atoms with E-state index in [4.69, 9.17) is 9.84 Å². The number of anilines is 2. The Kier molecular flexibility index (Phi) is 3.84. The van der Waals surface area contributed by atoms with Crippen molar-refractivity contribution >= 4 is 17.6 Å². The summed E-state index contributed by atoms with van der Waals surface area (Å²) >= 11 is 0. The van der Waals surface area contributed by atoms with Crippen molar-refractivity contribution < 1.29 is 14.6 Å². The lowest BCUT2D eigenvalue weighted by Gasteiger charge is -2.18. The molecule has 2 rings (SSSR count). The van der Waals surface area contributed by atoms with Gasteiger partial charge in [0.25, 0.3) is 0 Å². The van der Waals surface area contributed by atoms with E-state index in [1.165, 1.54) is 6.20 Å². The molecule has 104 valence electrons. The van der Waals surface area contributed by atoms with Crippen molar-refractivity contribution in [3.8, 4) is 5.75 Å². The number of carboxylic acid groups (broad SMARTS) is 1. The number of hydrogen-bond donors (Lipinski definition) is 1. The first-order valence-corrected chi connectivity index (χ1v) is 5.97. The molecule has 0 saturated carbocycles. The first kappa shape index (κ1) is 13.8. The van der Waals surface area contributed by atoms with Gasteiger partial charge in [-0.25, -0.2) is 14.8 Å². The number of benzene rings is 1. The van der Waals surface area contributed by atoms with E-state index in [2.05, 4.69) is 9.97 Å². The number of ether oxygens (including phenoxy) is 1. The Bertz CT molecular complexity index is 643. The highest BCUT2D eigenvalue weighted by Gasteiger charge is 2.13. The van der Waals surface area contributed by atoms with Crippen LogP contribution in [0.2, 0.25) is 0 Å². The molecule has 0 aliphatic rings. The van der Waals surface area contributed by atoms with Crippen molar-refractivity contribution in [2.24, 2.45) is 0 Å². The summed E-state index contributed by atoms with van der Waals surface area (Å²) in [7, 11) is 3.41. The van der Waals surface area contributed by atoms with Gasteiger partial charge >= 0.3 is 5.97 Å². The highest BCUT2D eigenvalue weighted by atomic mass is 16.5. The van der Waals surface area contributed by atoms with Crippen LogP contribution in [0, 0.1) is 6.92 Å². The Balaban J connectivity index is 2.35. The summed E-state index contributed by atoms with van der Waals surface area (Å²) in [4.78, 5) is 21.0. The molecule has 6 nitrogen and oxygen atoms in total. The van der Waals surface area contributed by atoms with Gasteiger partial charge in [-0.05, 0) is 19.1 Å². The predicted octanol–water partition coefficient (Wildman–Crippen LogP) is 2.26. The lowest BCUT2D eigenvalue weighted by molar-refractivity contribution is 0.0695. The third kappa shape index (κ3) is 2.69. The summed E-state index contributed by atoms with van der Waals surface area (Å²) in [5.41, 5.74) is 1.39. The normalized spacial score (nSPS) is 10.2. The fraction of sp³-hybridized carbons (Fsp3) is 0.214. The molecule has 0 amide bonds. The molecule has 1 aromatic heterocycles. The van der Waals surface area contributed by atoms with E-state index in [9.17, 15) is 4.79 Å². The monoisotopic (exact) mass is 273 g/mol. The smallest absolute Gasteiger partial charge is 0.339 e. The number of hydrogen-bond acceptors (Lipinski definition) is 5. The van der Waals surface area contributed by atoms with Crippen LogP contribution in [0.5, 0.6) is 5.75 Å². The number of aromatic nitrogens is 2. The van der Waals surface area contributed by atoms with E-state index in [1.807, 2.05) is 31.3 Å². The maximum atomic E-state index is 10.9. The zero-order chi connectivity index (χ0) is 14.7. The molecule has 0 radical (unpaired) electrons. The van der Waals surface area contributed by atoms with Crippen LogP contribution in [0.25, 0.3) is 0 Å². The molecule has 0 spiro atoms. The summed E-state index contributed by atoms with van der Waals surface area (Å²) in [5, 5.41) is 8.97. The van der Waals surface area contributed by atoms with Crippen molar-refractivity contribution in [1.82, 2.24) is 9.97 Å². The van der Waals surface area contributed by atoms with Crippen molar-refractivity contribution in [3.63, 3.8) is 0 Å². The highest BCUT2D eigenvalue weighted by molar-refractivity contribution is 5.88. The average molecular weight is 273 g/mol. The van der Waals surface area contributed by atoms with E-state index in [0.29, 0.717) is 11.6 Å². The van der Waals surface area contributed by atoms with Crippen molar-refractivity contribution in [3.05, 3.63) is 41.7 Å². The molecule has 20 heavy (non-hydrogen) atoms.